The molecule has 4 rings (SSSR count). The van der Waals surface area contributed by atoms with Gasteiger partial charge >= 0.3 is 0 Å². The second-order valence-electron chi connectivity index (χ2n) is 8.53. The van der Waals surface area contributed by atoms with Crippen LogP contribution < -0.4 is 10.8 Å². The Morgan fingerprint density at radius 3 is 2.43 bits per heavy atom. The van der Waals surface area contributed by atoms with E-state index in [1.807, 2.05) is 48.5 Å². The highest BCUT2D eigenvalue weighted by atomic mass is 19.1. The maximum absolute atomic E-state index is 13.1. The Labute approximate surface area is 212 Å². The molecule has 1 heterocycles. The lowest BCUT2D eigenvalue weighted by atomic mass is 9.98. The van der Waals surface area contributed by atoms with E-state index in [0.29, 0.717) is 17.7 Å². The molecular formula is C27H26FN5O4. The van der Waals surface area contributed by atoms with Crippen molar-refractivity contribution in [3.63, 3.8) is 0 Å². The number of aliphatic hydroxyl groups is 1. The van der Waals surface area contributed by atoms with Gasteiger partial charge in [0.15, 0.2) is 0 Å². The van der Waals surface area contributed by atoms with Crippen molar-refractivity contribution in [1.29, 1.82) is 0 Å². The highest BCUT2D eigenvalue weighted by molar-refractivity contribution is 5.94. The lowest BCUT2D eigenvalue weighted by molar-refractivity contribution is -0.130. The minimum Gasteiger partial charge on any atom is -0.392 e. The summed E-state index contributed by atoms with van der Waals surface area (Å²) in [5.41, 5.74) is 6.19. The van der Waals surface area contributed by atoms with Crippen LogP contribution in [0.25, 0.3) is 11.1 Å². The molecule has 1 aromatic heterocycles. The molecule has 9 nitrogen and oxygen atoms in total. The highest BCUT2D eigenvalue weighted by Crippen LogP contribution is 2.24. The Kier molecular flexibility index (Phi) is 8.34. The molecule has 1 atom stereocenters. The van der Waals surface area contributed by atoms with Crippen molar-refractivity contribution in [1.82, 2.24) is 25.8 Å². The van der Waals surface area contributed by atoms with Gasteiger partial charge in [-0.2, -0.15) is 0 Å². The van der Waals surface area contributed by atoms with Gasteiger partial charge in [-0.1, -0.05) is 47.7 Å². The topological polar surface area (TPSA) is 129 Å². The van der Waals surface area contributed by atoms with E-state index in [-0.39, 0.29) is 25.5 Å². The standard InChI is InChI=1S/C27H26FN5O4/c28-23-10-8-21(9-11-23)27(36)29-15-24-16-33(32-30-24)25(14-26(35)31-37)13-18-4-6-20(7-5-18)22-3-1-2-19(12-22)17-34/h1-12,16,25,34,37H,13-15,17H2,(H,29,36)(H,31,35)/t25-/m1/s1. The van der Waals surface area contributed by atoms with Crippen LogP contribution in [0.5, 0.6) is 0 Å². The molecule has 0 saturated heterocycles. The molecule has 0 spiro atoms. The summed E-state index contributed by atoms with van der Waals surface area (Å²) in [6.07, 6.45) is 2.03. The number of aromatic nitrogens is 3. The van der Waals surface area contributed by atoms with Crippen LogP contribution in [-0.4, -0.2) is 37.1 Å². The van der Waals surface area contributed by atoms with Gasteiger partial charge in [-0.3, -0.25) is 14.8 Å². The first-order valence-corrected chi connectivity index (χ1v) is 11.6. The Morgan fingerprint density at radius 2 is 1.73 bits per heavy atom. The van der Waals surface area contributed by atoms with Crippen molar-refractivity contribution in [2.24, 2.45) is 0 Å². The molecule has 3 aromatic carbocycles. The van der Waals surface area contributed by atoms with Crippen LogP contribution in [-0.2, 0) is 24.4 Å². The van der Waals surface area contributed by atoms with E-state index >= 15 is 0 Å². The van der Waals surface area contributed by atoms with E-state index < -0.39 is 17.8 Å². The monoisotopic (exact) mass is 503 g/mol. The average Bonchev–Trinajstić information content (AvgIpc) is 3.41. The fraction of sp³-hybridized carbons (Fsp3) is 0.185. The summed E-state index contributed by atoms with van der Waals surface area (Å²) in [7, 11) is 0. The number of carbonyl (C=O) groups is 2. The first kappa shape index (κ1) is 25.7. The fourth-order valence-electron chi connectivity index (χ4n) is 3.92. The number of hydroxylamine groups is 1. The molecule has 0 aliphatic rings. The molecule has 0 unspecified atom stereocenters. The lowest BCUT2D eigenvalue weighted by Gasteiger charge is -2.16. The second-order valence-corrected chi connectivity index (χ2v) is 8.53. The van der Waals surface area contributed by atoms with Crippen LogP contribution in [0.3, 0.4) is 0 Å². The molecule has 0 aliphatic heterocycles. The summed E-state index contributed by atoms with van der Waals surface area (Å²) in [5, 5.41) is 29.3. The predicted molar refractivity (Wildman–Crippen MR) is 133 cm³/mol. The van der Waals surface area contributed by atoms with Crippen molar-refractivity contribution in [2.45, 2.75) is 32.0 Å². The van der Waals surface area contributed by atoms with Crippen LogP contribution in [0.1, 0.15) is 39.6 Å². The summed E-state index contributed by atoms with van der Waals surface area (Å²) in [6.45, 7) is 0.0626. The molecule has 0 aliphatic carbocycles. The van der Waals surface area contributed by atoms with Crippen molar-refractivity contribution in [3.8, 4) is 11.1 Å². The van der Waals surface area contributed by atoms with Crippen LogP contribution >= 0.6 is 0 Å². The predicted octanol–water partition coefficient (Wildman–Crippen LogP) is 3.19. The smallest absolute Gasteiger partial charge is 0.251 e. The van der Waals surface area contributed by atoms with Crippen molar-refractivity contribution < 1.29 is 24.3 Å². The number of rotatable bonds is 10. The zero-order valence-electron chi connectivity index (χ0n) is 19.8. The molecule has 0 bridgehead atoms. The summed E-state index contributed by atoms with van der Waals surface area (Å²) in [5.74, 6) is -1.37. The zero-order chi connectivity index (χ0) is 26.2. The normalized spacial score (nSPS) is 11.6. The Hall–Kier alpha value is -4.41. The minimum atomic E-state index is -0.566. The number of benzene rings is 3. The quantitative estimate of drug-likeness (QED) is 0.194. The molecule has 0 radical (unpaired) electrons. The van der Waals surface area contributed by atoms with Crippen LogP contribution in [0.4, 0.5) is 4.39 Å². The SMILES string of the molecule is O=C(C[C@@H](Cc1ccc(-c2cccc(CO)c2)cc1)n1cc(CNC(=O)c2ccc(F)cc2)nn1)NO. The first-order chi connectivity index (χ1) is 17.9. The van der Waals surface area contributed by atoms with E-state index in [4.69, 9.17) is 5.21 Å². The molecular weight excluding hydrogens is 477 g/mol. The Morgan fingerprint density at radius 1 is 0.973 bits per heavy atom. The van der Waals surface area contributed by atoms with E-state index in [0.717, 1.165) is 22.3 Å². The number of nitrogens with one attached hydrogen (secondary N) is 2. The summed E-state index contributed by atoms with van der Waals surface area (Å²) in [4.78, 5) is 24.2. The van der Waals surface area contributed by atoms with Gasteiger partial charge in [-0.05, 0) is 59.0 Å². The third kappa shape index (κ3) is 6.84. The maximum atomic E-state index is 13.1. The highest BCUT2D eigenvalue weighted by Gasteiger charge is 2.19. The van der Waals surface area contributed by atoms with Gasteiger partial charge in [-0.25, -0.2) is 14.6 Å². The fourth-order valence-corrected chi connectivity index (χ4v) is 3.92. The number of amides is 2. The molecule has 4 aromatic rings. The van der Waals surface area contributed by atoms with Crippen molar-refractivity contribution in [3.05, 3.63) is 107 Å². The molecule has 0 fully saturated rings. The summed E-state index contributed by atoms with van der Waals surface area (Å²) >= 11 is 0. The molecule has 10 heteroatoms. The van der Waals surface area contributed by atoms with E-state index in [1.54, 1.807) is 11.7 Å². The van der Waals surface area contributed by atoms with Gasteiger partial charge in [0.1, 0.15) is 11.5 Å². The van der Waals surface area contributed by atoms with Gasteiger partial charge in [-0.15, -0.1) is 5.10 Å². The number of aliphatic hydroxyl groups excluding tert-OH is 1. The zero-order valence-corrected chi connectivity index (χ0v) is 19.8. The van der Waals surface area contributed by atoms with Crippen molar-refractivity contribution in [2.75, 3.05) is 0 Å². The van der Waals surface area contributed by atoms with Crippen LogP contribution in [0.15, 0.2) is 79.0 Å². The summed E-state index contributed by atoms with van der Waals surface area (Å²) < 4.78 is 14.6. The third-order valence-electron chi connectivity index (χ3n) is 5.88. The Bertz CT molecular complexity index is 1360. The second kappa shape index (κ2) is 12.0. The van der Waals surface area contributed by atoms with E-state index in [2.05, 4.69) is 15.6 Å². The Balaban J connectivity index is 1.44. The van der Waals surface area contributed by atoms with Gasteiger partial charge in [0.25, 0.3) is 5.91 Å². The largest absolute Gasteiger partial charge is 0.392 e. The lowest BCUT2D eigenvalue weighted by Crippen LogP contribution is -2.25. The van der Waals surface area contributed by atoms with Crippen molar-refractivity contribution >= 4 is 11.8 Å². The average molecular weight is 504 g/mol. The molecule has 0 saturated carbocycles. The maximum Gasteiger partial charge on any atom is 0.251 e. The third-order valence-corrected chi connectivity index (χ3v) is 5.88. The van der Waals surface area contributed by atoms with E-state index in [9.17, 15) is 19.1 Å². The number of nitrogens with zero attached hydrogens (tertiary/aromatic N) is 3. The van der Waals surface area contributed by atoms with Gasteiger partial charge in [0, 0.05) is 5.56 Å². The molecule has 190 valence electrons. The van der Waals surface area contributed by atoms with Gasteiger partial charge < -0.3 is 10.4 Å². The number of hydrogen-bond donors (Lipinski definition) is 4. The number of carbonyl (C=O) groups excluding carboxylic acids is 2. The van der Waals surface area contributed by atoms with Crippen LogP contribution in [0, 0.1) is 5.82 Å². The number of hydrogen-bond acceptors (Lipinski definition) is 6. The first-order valence-electron chi connectivity index (χ1n) is 11.6. The molecule has 37 heavy (non-hydrogen) atoms. The summed E-state index contributed by atoms with van der Waals surface area (Å²) in [6, 6.07) is 20.2. The van der Waals surface area contributed by atoms with Crippen LogP contribution in [0.2, 0.25) is 0 Å². The van der Waals surface area contributed by atoms with Gasteiger partial charge in [0.2, 0.25) is 5.91 Å². The molecule has 4 N–H and O–H groups in total. The number of halogens is 1. The molecule has 2 amide bonds. The van der Waals surface area contributed by atoms with Gasteiger partial charge in [0.05, 0.1) is 31.8 Å². The minimum absolute atomic E-state index is 0.0314. The van der Waals surface area contributed by atoms with E-state index in [1.165, 1.54) is 28.9 Å².